The highest BCUT2D eigenvalue weighted by molar-refractivity contribution is 5.93. The molecule has 3 nitrogen and oxygen atoms in total. The van der Waals surface area contributed by atoms with Gasteiger partial charge in [0.15, 0.2) is 0 Å². The highest BCUT2D eigenvalue weighted by Gasteiger charge is 2.39. The van der Waals surface area contributed by atoms with Gasteiger partial charge in [0.25, 0.3) is 5.91 Å². The number of hydrazine groups is 1. The summed E-state index contributed by atoms with van der Waals surface area (Å²) in [4.78, 5) is 11.4. The zero-order valence-corrected chi connectivity index (χ0v) is 10.5. The summed E-state index contributed by atoms with van der Waals surface area (Å²) >= 11 is 0. The van der Waals surface area contributed by atoms with E-state index in [1.807, 2.05) is 30.3 Å². The lowest BCUT2D eigenvalue weighted by molar-refractivity contribution is 0.0953. The molecule has 3 rings (SSSR count). The summed E-state index contributed by atoms with van der Waals surface area (Å²) in [5, 5.41) is 0. The summed E-state index contributed by atoms with van der Waals surface area (Å²) in [6.07, 6.45) is 1.19. The van der Waals surface area contributed by atoms with E-state index in [1.165, 1.54) is 17.5 Å². The number of benzene rings is 2. The van der Waals surface area contributed by atoms with Gasteiger partial charge in [0.1, 0.15) is 0 Å². The van der Waals surface area contributed by atoms with Gasteiger partial charge in [0.2, 0.25) is 0 Å². The molecule has 0 spiro atoms. The molecule has 0 heterocycles. The molecule has 2 aromatic carbocycles. The molecule has 0 aromatic heterocycles. The SMILES string of the molecule is NNC(=O)c1ccc([C@@H]2C[C@@H]2c2ccccc2)cc1. The quantitative estimate of drug-likeness (QED) is 0.501. The molecule has 1 aliphatic carbocycles. The van der Waals surface area contributed by atoms with Crippen molar-refractivity contribution in [3.8, 4) is 0 Å². The normalized spacial score (nSPS) is 20.9. The number of nitrogens with two attached hydrogens (primary N) is 1. The monoisotopic (exact) mass is 252 g/mol. The molecule has 0 unspecified atom stereocenters. The van der Waals surface area contributed by atoms with Crippen LogP contribution < -0.4 is 11.3 Å². The summed E-state index contributed by atoms with van der Waals surface area (Å²) in [5.41, 5.74) is 5.43. The van der Waals surface area contributed by atoms with Gasteiger partial charge >= 0.3 is 0 Å². The van der Waals surface area contributed by atoms with Crippen LogP contribution in [0.3, 0.4) is 0 Å². The third-order valence-corrected chi connectivity index (χ3v) is 3.75. The first-order chi connectivity index (χ1) is 9.29. The molecule has 3 heteroatoms. The Balaban J connectivity index is 1.74. The van der Waals surface area contributed by atoms with Gasteiger partial charge in [-0.05, 0) is 41.5 Å². The minimum Gasteiger partial charge on any atom is -0.290 e. The predicted molar refractivity (Wildman–Crippen MR) is 74.6 cm³/mol. The number of carbonyl (C=O) groups excluding carboxylic acids is 1. The Morgan fingerprint density at radius 3 is 2.11 bits per heavy atom. The maximum Gasteiger partial charge on any atom is 0.265 e. The van der Waals surface area contributed by atoms with Crippen LogP contribution in [-0.4, -0.2) is 5.91 Å². The molecule has 0 bridgehead atoms. The fourth-order valence-electron chi connectivity index (χ4n) is 2.60. The average Bonchev–Trinajstić information content (AvgIpc) is 3.28. The molecule has 1 amide bonds. The van der Waals surface area contributed by atoms with Crippen molar-refractivity contribution >= 4 is 5.91 Å². The van der Waals surface area contributed by atoms with Crippen molar-refractivity contribution in [2.75, 3.05) is 0 Å². The zero-order valence-electron chi connectivity index (χ0n) is 10.5. The van der Waals surface area contributed by atoms with Crippen LogP contribution in [0.2, 0.25) is 0 Å². The smallest absolute Gasteiger partial charge is 0.265 e. The molecule has 96 valence electrons. The standard InChI is InChI=1S/C16H16N2O/c17-18-16(19)13-8-6-12(7-9-13)15-10-14(15)11-4-2-1-3-5-11/h1-9,14-15H,10,17H2,(H,18,19)/t14-,15+/m1/s1. The van der Waals surface area contributed by atoms with E-state index in [9.17, 15) is 4.79 Å². The van der Waals surface area contributed by atoms with Gasteiger partial charge in [0, 0.05) is 5.56 Å². The van der Waals surface area contributed by atoms with Gasteiger partial charge < -0.3 is 0 Å². The van der Waals surface area contributed by atoms with E-state index >= 15 is 0 Å². The van der Waals surface area contributed by atoms with E-state index in [-0.39, 0.29) is 5.91 Å². The van der Waals surface area contributed by atoms with Crippen molar-refractivity contribution in [3.63, 3.8) is 0 Å². The summed E-state index contributed by atoms with van der Waals surface area (Å²) in [6, 6.07) is 18.3. The maximum absolute atomic E-state index is 11.4. The molecular weight excluding hydrogens is 236 g/mol. The topological polar surface area (TPSA) is 55.1 Å². The second-order valence-corrected chi connectivity index (χ2v) is 4.95. The molecule has 0 saturated heterocycles. The molecule has 1 fully saturated rings. The minimum absolute atomic E-state index is 0.248. The Bertz CT molecular complexity index is 577. The van der Waals surface area contributed by atoms with E-state index in [0.717, 1.165) is 0 Å². The maximum atomic E-state index is 11.4. The van der Waals surface area contributed by atoms with Crippen molar-refractivity contribution in [2.24, 2.45) is 5.84 Å². The minimum atomic E-state index is -0.248. The Hall–Kier alpha value is -2.13. The second kappa shape index (κ2) is 4.86. The van der Waals surface area contributed by atoms with Crippen molar-refractivity contribution < 1.29 is 4.79 Å². The highest BCUT2D eigenvalue weighted by atomic mass is 16.2. The Morgan fingerprint density at radius 1 is 0.947 bits per heavy atom. The first-order valence-corrected chi connectivity index (χ1v) is 6.45. The first-order valence-electron chi connectivity index (χ1n) is 6.45. The van der Waals surface area contributed by atoms with E-state index in [0.29, 0.717) is 17.4 Å². The van der Waals surface area contributed by atoms with Gasteiger partial charge in [-0.1, -0.05) is 42.5 Å². The lowest BCUT2D eigenvalue weighted by Gasteiger charge is -2.03. The number of nitrogens with one attached hydrogen (secondary N) is 1. The molecule has 3 N–H and O–H groups in total. The predicted octanol–water partition coefficient (Wildman–Crippen LogP) is 2.56. The average molecular weight is 252 g/mol. The van der Waals surface area contributed by atoms with Crippen molar-refractivity contribution in [2.45, 2.75) is 18.3 Å². The Morgan fingerprint density at radius 2 is 1.53 bits per heavy atom. The molecule has 1 aliphatic rings. The van der Waals surface area contributed by atoms with E-state index in [2.05, 4.69) is 29.7 Å². The van der Waals surface area contributed by atoms with Gasteiger partial charge in [-0.2, -0.15) is 0 Å². The summed E-state index contributed by atoms with van der Waals surface area (Å²) in [5.74, 6) is 6.07. The molecule has 0 radical (unpaired) electrons. The van der Waals surface area contributed by atoms with Crippen LogP contribution >= 0.6 is 0 Å². The largest absolute Gasteiger partial charge is 0.290 e. The lowest BCUT2D eigenvalue weighted by Crippen LogP contribution is -2.29. The van der Waals surface area contributed by atoms with Crippen LogP contribution in [0.15, 0.2) is 54.6 Å². The zero-order chi connectivity index (χ0) is 13.2. The number of amides is 1. The third-order valence-electron chi connectivity index (χ3n) is 3.75. The molecule has 2 atom stereocenters. The van der Waals surface area contributed by atoms with Crippen molar-refractivity contribution in [1.29, 1.82) is 0 Å². The van der Waals surface area contributed by atoms with Gasteiger partial charge in [0.05, 0.1) is 0 Å². The molecule has 1 saturated carbocycles. The van der Waals surface area contributed by atoms with Crippen molar-refractivity contribution in [1.82, 2.24) is 5.43 Å². The highest BCUT2D eigenvalue weighted by Crippen LogP contribution is 2.54. The first kappa shape index (κ1) is 11.9. The second-order valence-electron chi connectivity index (χ2n) is 4.95. The number of carbonyl (C=O) groups is 1. The van der Waals surface area contributed by atoms with Crippen molar-refractivity contribution in [3.05, 3.63) is 71.3 Å². The summed E-state index contributed by atoms with van der Waals surface area (Å²) in [6.45, 7) is 0. The van der Waals surface area contributed by atoms with Crippen LogP contribution in [0.4, 0.5) is 0 Å². The van der Waals surface area contributed by atoms with Gasteiger partial charge in [-0.15, -0.1) is 0 Å². The number of nitrogen functional groups attached to an aromatic ring is 1. The number of hydrogen-bond acceptors (Lipinski definition) is 2. The third kappa shape index (κ3) is 2.37. The number of rotatable bonds is 3. The Kier molecular flexibility index (Phi) is 3.05. The fraction of sp³-hybridized carbons (Fsp3) is 0.188. The van der Waals surface area contributed by atoms with Crippen LogP contribution in [0.25, 0.3) is 0 Å². The van der Waals surface area contributed by atoms with E-state index < -0.39 is 0 Å². The van der Waals surface area contributed by atoms with Crippen LogP contribution in [0.1, 0.15) is 39.7 Å². The van der Waals surface area contributed by atoms with Crippen LogP contribution in [-0.2, 0) is 0 Å². The molecular formula is C16H16N2O. The number of hydrogen-bond donors (Lipinski definition) is 2. The molecule has 0 aliphatic heterocycles. The van der Waals surface area contributed by atoms with Gasteiger partial charge in [-0.25, -0.2) is 5.84 Å². The molecule has 19 heavy (non-hydrogen) atoms. The summed E-state index contributed by atoms with van der Waals surface area (Å²) < 4.78 is 0. The summed E-state index contributed by atoms with van der Waals surface area (Å²) in [7, 11) is 0. The van der Waals surface area contributed by atoms with Crippen LogP contribution in [0.5, 0.6) is 0 Å². The van der Waals surface area contributed by atoms with E-state index in [1.54, 1.807) is 0 Å². The van der Waals surface area contributed by atoms with Crippen LogP contribution in [0, 0.1) is 0 Å². The Labute approximate surface area is 112 Å². The fourth-order valence-corrected chi connectivity index (χ4v) is 2.60. The van der Waals surface area contributed by atoms with Gasteiger partial charge in [-0.3, -0.25) is 10.2 Å². The van der Waals surface area contributed by atoms with E-state index in [4.69, 9.17) is 5.84 Å². The molecule has 2 aromatic rings. The lowest BCUT2D eigenvalue weighted by atomic mass is 10.0.